The molecule has 1 aromatic heterocycles. The lowest BCUT2D eigenvalue weighted by Gasteiger charge is -1.98. The summed E-state index contributed by atoms with van der Waals surface area (Å²) >= 11 is 5.85. The number of carbonyl (C=O) groups excluding carboxylic acids is 1. The van der Waals surface area contributed by atoms with Crippen LogP contribution in [-0.4, -0.2) is 21.8 Å². The summed E-state index contributed by atoms with van der Waals surface area (Å²) in [4.78, 5) is 24.8. The van der Waals surface area contributed by atoms with Crippen molar-refractivity contribution in [1.82, 2.24) is 4.98 Å². The fourth-order valence-corrected chi connectivity index (χ4v) is 1.71. The van der Waals surface area contributed by atoms with Crippen LogP contribution in [0.15, 0.2) is 24.4 Å². The molecule has 5 heteroatoms. The van der Waals surface area contributed by atoms with E-state index in [1.165, 1.54) is 12.3 Å². The van der Waals surface area contributed by atoms with Gasteiger partial charge in [0.25, 0.3) is 5.78 Å². The van der Waals surface area contributed by atoms with E-state index in [2.05, 4.69) is 4.98 Å². The van der Waals surface area contributed by atoms with E-state index >= 15 is 0 Å². The van der Waals surface area contributed by atoms with E-state index in [4.69, 9.17) is 16.7 Å². The van der Waals surface area contributed by atoms with Crippen molar-refractivity contribution in [1.29, 1.82) is 0 Å². The van der Waals surface area contributed by atoms with Gasteiger partial charge in [0.15, 0.2) is 0 Å². The van der Waals surface area contributed by atoms with Crippen LogP contribution in [0.1, 0.15) is 10.4 Å². The number of halogens is 1. The average molecular weight is 224 g/mol. The lowest BCUT2D eigenvalue weighted by molar-refractivity contribution is -0.131. The summed E-state index contributed by atoms with van der Waals surface area (Å²) < 4.78 is 0. The molecule has 1 aromatic carbocycles. The molecular weight excluding hydrogens is 218 g/mol. The first-order valence-electron chi connectivity index (χ1n) is 4.14. The van der Waals surface area contributed by atoms with E-state index in [-0.39, 0.29) is 5.56 Å². The predicted octanol–water partition coefficient (Wildman–Crippen LogP) is 2.09. The molecule has 0 aliphatic carbocycles. The Hall–Kier alpha value is -1.81. The summed E-state index contributed by atoms with van der Waals surface area (Å²) in [5.74, 6) is -2.44. The van der Waals surface area contributed by atoms with Gasteiger partial charge in [0.05, 0.1) is 5.02 Å². The summed E-state index contributed by atoms with van der Waals surface area (Å²) in [5, 5.41) is 9.41. The van der Waals surface area contributed by atoms with Gasteiger partial charge in [0, 0.05) is 22.7 Å². The predicted molar refractivity (Wildman–Crippen MR) is 55.3 cm³/mol. The molecule has 0 amide bonds. The highest BCUT2D eigenvalue weighted by atomic mass is 35.5. The first-order chi connectivity index (χ1) is 7.11. The molecule has 15 heavy (non-hydrogen) atoms. The zero-order chi connectivity index (χ0) is 11.0. The molecular formula is C10H6ClNO3. The molecule has 1 heterocycles. The third-order valence-corrected chi connectivity index (χ3v) is 2.39. The van der Waals surface area contributed by atoms with Gasteiger partial charge in [-0.2, -0.15) is 0 Å². The van der Waals surface area contributed by atoms with E-state index < -0.39 is 11.8 Å². The van der Waals surface area contributed by atoms with Gasteiger partial charge in [-0.1, -0.05) is 17.7 Å². The number of fused-ring (bicyclic) bond motifs is 1. The number of nitrogens with one attached hydrogen (secondary N) is 1. The van der Waals surface area contributed by atoms with Gasteiger partial charge in [0.2, 0.25) is 0 Å². The number of hydrogen-bond donors (Lipinski definition) is 2. The molecule has 0 bridgehead atoms. The molecule has 0 saturated carbocycles. The van der Waals surface area contributed by atoms with Crippen LogP contribution in [0.2, 0.25) is 5.02 Å². The van der Waals surface area contributed by atoms with Crippen molar-refractivity contribution in [3.05, 3.63) is 35.0 Å². The van der Waals surface area contributed by atoms with E-state index in [0.29, 0.717) is 15.9 Å². The number of carbonyl (C=O) groups is 2. The van der Waals surface area contributed by atoms with Gasteiger partial charge >= 0.3 is 5.97 Å². The zero-order valence-corrected chi connectivity index (χ0v) is 8.21. The molecule has 0 aliphatic rings. The Labute approximate surface area is 89.5 Å². The summed E-state index contributed by atoms with van der Waals surface area (Å²) in [7, 11) is 0. The maximum Gasteiger partial charge on any atom is 0.377 e. The van der Waals surface area contributed by atoms with Gasteiger partial charge in [-0.25, -0.2) is 4.79 Å². The molecule has 0 aliphatic heterocycles. The van der Waals surface area contributed by atoms with E-state index in [1.54, 1.807) is 12.1 Å². The fraction of sp³-hybridized carbons (Fsp3) is 0. The summed E-state index contributed by atoms with van der Waals surface area (Å²) in [5.41, 5.74) is 0.748. The second-order valence-corrected chi connectivity index (χ2v) is 3.41. The van der Waals surface area contributed by atoms with E-state index in [1.807, 2.05) is 0 Å². The smallest absolute Gasteiger partial charge is 0.377 e. The van der Waals surface area contributed by atoms with Crippen LogP contribution < -0.4 is 0 Å². The molecule has 0 saturated heterocycles. The number of carboxylic acids is 1. The van der Waals surface area contributed by atoms with Gasteiger partial charge in [-0.05, 0) is 12.1 Å². The zero-order valence-electron chi connectivity index (χ0n) is 7.45. The van der Waals surface area contributed by atoms with Crippen LogP contribution >= 0.6 is 11.6 Å². The molecule has 2 N–H and O–H groups in total. The van der Waals surface area contributed by atoms with Crippen LogP contribution in [0.25, 0.3) is 10.9 Å². The third-order valence-electron chi connectivity index (χ3n) is 2.10. The minimum atomic E-state index is -1.49. The highest BCUT2D eigenvalue weighted by Gasteiger charge is 2.19. The SMILES string of the molecule is O=C(O)C(=O)c1cccc2[nH]cc(Cl)c12. The quantitative estimate of drug-likeness (QED) is 0.605. The van der Waals surface area contributed by atoms with Crippen molar-refractivity contribution in [3.63, 3.8) is 0 Å². The maximum absolute atomic E-state index is 11.3. The number of aromatic amines is 1. The van der Waals surface area contributed by atoms with Crippen LogP contribution in [0.3, 0.4) is 0 Å². The number of ketones is 1. The number of aromatic nitrogens is 1. The second-order valence-electron chi connectivity index (χ2n) is 3.00. The number of Topliss-reactive ketones (excluding diaryl/α,β-unsaturated/α-hetero) is 1. The number of hydrogen-bond acceptors (Lipinski definition) is 2. The summed E-state index contributed by atoms with van der Waals surface area (Å²) in [6.07, 6.45) is 1.52. The van der Waals surface area contributed by atoms with Crippen molar-refractivity contribution in [2.75, 3.05) is 0 Å². The molecule has 0 fully saturated rings. The lowest BCUT2D eigenvalue weighted by Crippen LogP contribution is -2.12. The Bertz CT molecular complexity index is 559. The van der Waals surface area contributed by atoms with Gasteiger partial charge < -0.3 is 10.1 Å². The number of carboxylic acid groups (broad SMARTS) is 1. The molecule has 0 radical (unpaired) electrons. The molecule has 4 nitrogen and oxygen atoms in total. The molecule has 2 rings (SSSR count). The summed E-state index contributed by atoms with van der Waals surface area (Å²) in [6.45, 7) is 0. The largest absolute Gasteiger partial charge is 0.475 e. The Morgan fingerprint density at radius 1 is 1.33 bits per heavy atom. The van der Waals surface area contributed by atoms with Crippen molar-refractivity contribution in [2.24, 2.45) is 0 Å². The fourth-order valence-electron chi connectivity index (χ4n) is 1.45. The van der Waals surface area contributed by atoms with Crippen molar-refractivity contribution >= 4 is 34.3 Å². The Morgan fingerprint density at radius 2 is 2.07 bits per heavy atom. The number of H-pyrrole nitrogens is 1. The van der Waals surface area contributed by atoms with Crippen LogP contribution in [-0.2, 0) is 4.79 Å². The van der Waals surface area contributed by atoms with Crippen molar-refractivity contribution in [3.8, 4) is 0 Å². The molecule has 0 atom stereocenters. The minimum Gasteiger partial charge on any atom is -0.475 e. The summed E-state index contributed by atoms with van der Waals surface area (Å²) in [6, 6.07) is 4.77. The Morgan fingerprint density at radius 3 is 2.73 bits per heavy atom. The van der Waals surface area contributed by atoms with E-state index in [9.17, 15) is 9.59 Å². The lowest BCUT2D eigenvalue weighted by atomic mass is 10.1. The number of rotatable bonds is 2. The maximum atomic E-state index is 11.3. The highest BCUT2D eigenvalue weighted by Crippen LogP contribution is 2.26. The van der Waals surface area contributed by atoms with Crippen LogP contribution in [0.4, 0.5) is 0 Å². The van der Waals surface area contributed by atoms with Crippen molar-refractivity contribution in [2.45, 2.75) is 0 Å². The topological polar surface area (TPSA) is 70.2 Å². The molecule has 2 aromatic rings. The van der Waals surface area contributed by atoms with Gasteiger partial charge in [-0.15, -0.1) is 0 Å². The number of aliphatic carboxylic acids is 1. The first kappa shape index (κ1) is 9.73. The van der Waals surface area contributed by atoms with Crippen LogP contribution in [0.5, 0.6) is 0 Å². The van der Waals surface area contributed by atoms with E-state index in [0.717, 1.165) is 0 Å². The van der Waals surface area contributed by atoms with Gasteiger partial charge in [-0.3, -0.25) is 4.79 Å². The average Bonchev–Trinajstić information content (AvgIpc) is 2.59. The highest BCUT2D eigenvalue weighted by molar-refractivity contribution is 6.45. The van der Waals surface area contributed by atoms with Gasteiger partial charge in [0.1, 0.15) is 0 Å². The standard InChI is InChI=1S/C10H6ClNO3/c11-6-4-12-7-3-1-2-5(8(6)7)9(13)10(14)15/h1-4,12H,(H,14,15). The van der Waals surface area contributed by atoms with Crippen molar-refractivity contribution < 1.29 is 14.7 Å². The molecule has 76 valence electrons. The molecule has 0 unspecified atom stereocenters. The number of benzene rings is 1. The second kappa shape index (κ2) is 3.40. The Balaban J connectivity index is 2.75. The monoisotopic (exact) mass is 223 g/mol. The normalized spacial score (nSPS) is 10.5. The Kier molecular flexibility index (Phi) is 2.21. The first-order valence-corrected chi connectivity index (χ1v) is 4.52. The molecule has 0 spiro atoms. The van der Waals surface area contributed by atoms with Crippen LogP contribution in [0, 0.1) is 0 Å². The third kappa shape index (κ3) is 1.49. The minimum absolute atomic E-state index is 0.103.